The van der Waals surface area contributed by atoms with E-state index >= 15 is 0 Å². The summed E-state index contributed by atoms with van der Waals surface area (Å²) < 4.78 is 44.3. The van der Waals surface area contributed by atoms with Gasteiger partial charge in [0.25, 0.3) is 0 Å². The molecule has 33 heavy (non-hydrogen) atoms. The zero-order valence-electron chi connectivity index (χ0n) is 16.7. The quantitative estimate of drug-likeness (QED) is 0.539. The minimum Gasteiger partial charge on any atom is -0.387 e. The van der Waals surface area contributed by atoms with Crippen molar-refractivity contribution in [3.63, 3.8) is 0 Å². The van der Waals surface area contributed by atoms with Crippen LogP contribution in [-0.4, -0.2) is 63.0 Å². The Balaban J connectivity index is 1.56. The number of alkyl halides is 3. The van der Waals surface area contributed by atoms with Gasteiger partial charge in [-0.25, -0.2) is 4.99 Å². The van der Waals surface area contributed by atoms with Gasteiger partial charge in [0, 0.05) is 30.1 Å². The van der Waals surface area contributed by atoms with E-state index in [-0.39, 0.29) is 22.3 Å². The number of nitrogens with zero attached hydrogens (tertiary/aromatic N) is 3. The maximum Gasteiger partial charge on any atom is 0.425 e. The lowest BCUT2D eigenvalue weighted by atomic mass is 9.99. The lowest BCUT2D eigenvalue weighted by Gasteiger charge is -2.22. The molecule has 5 atom stereocenters. The molecule has 1 saturated heterocycles. The van der Waals surface area contributed by atoms with Crippen molar-refractivity contribution in [1.82, 2.24) is 4.57 Å². The molecule has 8 nitrogen and oxygen atoms in total. The van der Waals surface area contributed by atoms with Crippen molar-refractivity contribution in [3.8, 4) is 0 Å². The van der Waals surface area contributed by atoms with Crippen LogP contribution in [0.25, 0.3) is 0 Å². The van der Waals surface area contributed by atoms with Crippen LogP contribution in [0.1, 0.15) is 29.2 Å². The molecule has 2 aliphatic heterocycles. The Labute approximate surface area is 195 Å². The minimum atomic E-state index is -4.54. The van der Waals surface area contributed by atoms with Gasteiger partial charge < -0.3 is 29.5 Å². The largest absolute Gasteiger partial charge is 0.425 e. The standard InChI is InChI=1S/C20H18Cl2F3N3O5/c21-11-2-1-9(7-12(11)22)14(29)17-15(30)16(31)19(33-17)28-6-4-10-13(28)3-5-26-18(10)27-32-8-20(23,24)25/h1-2,4-7,14-17,19,29-31H,3,8H2/b27-18-/t14-,15+,16-,17-,19-/m1/s1. The fourth-order valence-corrected chi connectivity index (χ4v) is 4.03. The van der Waals surface area contributed by atoms with Crippen molar-refractivity contribution in [1.29, 1.82) is 0 Å². The summed E-state index contributed by atoms with van der Waals surface area (Å²) in [6.45, 7) is -1.56. The molecule has 2 aliphatic rings. The van der Waals surface area contributed by atoms with Crippen LogP contribution in [-0.2, 0) is 16.0 Å². The highest BCUT2D eigenvalue weighted by molar-refractivity contribution is 6.42. The number of hydrogen-bond acceptors (Lipinski definition) is 6. The van der Waals surface area contributed by atoms with Crippen molar-refractivity contribution in [2.45, 2.75) is 43.2 Å². The van der Waals surface area contributed by atoms with E-state index in [2.05, 4.69) is 15.0 Å². The van der Waals surface area contributed by atoms with Gasteiger partial charge in [0.05, 0.1) is 10.0 Å². The number of halogens is 5. The molecule has 178 valence electrons. The first-order valence-electron chi connectivity index (χ1n) is 9.70. The second-order valence-corrected chi connectivity index (χ2v) is 8.31. The number of fused-ring (bicyclic) bond motifs is 1. The average Bonchev–Trinajstić information content (AvgIpc) is 3.31. The number of oxime groups is 1. The van der Waals surface area contributed by atoms with Crippen LogP contribution in [0.4, 0.5) is 13.2 Å². The molecule has 13 heteroatoms. The SMILES string of the molecule is O[C@@H]1[C@H](O)[C@@H]([C@H](O)c2ccc(Cl)c(Cl)c2)O[C@H]1n1ccc2c1CC=N/C2=N\OCC(F)(F)F. The van der Waals surface area contributed by atoms with Gasteiger partial charge in [0.2, 0.25) is 6.61 Å². The van der Waals surface area contributed by atoms with Gasteiger partial charge in [-0.05, 0) is 23.8 Å². The van der Waals surface area contributed by atoms with Crippen molar-refractivity contribution < 1.29 is 38.1 Å². The molecule has 1 fully saturated rings. The number of aromatic nitrogens is 1. The van der Waals surface area contributed by atoms with Gasteiger partial charge in [-0.15, -0.1) is 0 Å². The third kappa shape index (κ3) is 4.88. The molecule has 0 spiro atoms. The molecular weight excluding hydrogens is 490 g/mol. The van der Waals surface area contributed by atoms with E-state index in [0.29, 0.717) is 16.8 Å². The average molecular weight is 508 g/mol. The summed E-state index contributed by atoms with van der Waals surface area (Å²) in [6, 6.07) is 5.97. The zero-order chi connectivity index (χ0) is 23.9. The van der Waals surface area contributed by atoms with Gasteiger partial charge in [-0.2, -0.15) is 13.2 Å². The number of rotatable bonds is 5. The lowest BCUT2D eigenvalue weighted by Crippen LogP contribution is -2.35. The Bertz CT molecular complexity index is 1090. The fourth-order valence-electron chi connectivity index (χ4n) is 3.73. The molecule has 0 unspecified atom stereocenters. The molecule has 0 radical (unpaired) electrons. The Kier molecular flexibility index (Phi) is 6.72. The smallest absolute Gasteiger partial charge is 0.387 e. The number of aliphatic imine (C=N–C) groups is 1. The number of hydrogen-bond donors (Lipinski definition) is 3. The number of amidine groups is 1. The predicted molar refractivity (Wildman–Crippen MR) is 113 cm³/mol. The van der Waals surface area contributed by atoms with Gasteiger partial charge in [-0.1, -0.05) is 34.4 Å². The molecule has 0 aliphatic carbocycles. The summed E-state index contributed by atoms with van der Waals surface area (Å²) in [5, 5.41) is 35.8. The van der Waals surface area contributed by atoms with E-state index in [0.717, 1.165) is 0 Å². The van der Waals surface area contributed by atoms with E-state index < -0.39 is 43.4 Å². The molecule has 3 N–H and O–H groups in total. The minimum absolute atomic E-state index is 0.0697. The molecule has 2 aromatic rings. The first-order valence-corrected chi connectivity index (χ1v) is 10.5. The van der Waals surface area contributed by atoms with Crippen molar-refractivity contribution in [2.24, 2.45) is 10.1 Å². The summed E-state index contributed by atoms with van der Waals surface area (Å²) in [4.78, 5) is 8.31. The van der Waals surface area contributed by atoms with Crippen LogP contribution in [0.2, 0.25) is 10.0 Å². The third-order valence-corrected chi connectivity index (χ3v) is 6.03. The van der Waals surface area contributed by atoms with Crippen molar-refractivity contribution >= 4 is 35.3 Å². The second-order valence-electron chi connectivity index (χ2n) is 7.49. The Morgan fingerprint density at radius 1 is 1.21 bits per heavy atom. The molecular formula is C20H18Cl2F3N3O5. The van der Waals surface area contributed by atoms with E-state index in [9.17, 15) is 28.5 Å². The first-order chi connectivity index (χ1) is 15.6. The van der Waals surface area contributed by atoms with E-state index in [1.165, 1.54) is 41.2 Å². The topological polar surface area (TPSA) is 109 Å². The van der Waals surface area contributed by atoms with Crippen LogP contribution in [0.5, 0.6) is 0 Å². The van der Waals surface area contributed by atoms with Crippen LogP contribution >= 0.6 is 23.2 Å². The van der Waals surface area contributed by atoms with Crippen molar-refractivity contribution in [2.75, 3.05) is 6.61 Å². The monoisotopic (exact) mass is 507 g/mol. The summed E-state index contributed by atoms with van der Waals surface area (Å²) in [6.07, 6.45) is -7.79. The van der Waals surface area contributed by atoms with Crippen LogP contribution in [0, 0.1) is 0 Å². The molecule has 1 aromatic heterocycles. The first kappa shape index (κ1) is 24.0. The maximum absolute atomic E-state index is 12.3. The summed E-state index contributed by atoms with van der Waals surface area (Å²) >= 11 is 11.9. The Morgan fingerprint density at radius 2 is 1.97 bits per heavy atom. The summed E-state index contributed by atoms with van der Waals surface area (Å²) in [5.74, 6) is -0.0697. The van der Waals surface area contributed by atoms with Crippen molar-refractivity contribution in [3.05, 3.63) is 57.3 Å². The molecule has 0 saturated carbocycles. The third-order valence-electron chi connectivity index (χ3n) is 5.29. The molecule has 3 heterocycles. The van der Waals surface area contributed by atoms with Crippen LogP contribution < -0.4 is 0 Å². The van der Waals surface area contributed by atoms with E-state index in [1.54, 1.807) is 0 Å². The van der Waals surface area contributed by atoms with Crippen LogP contribution in [0.15, 0.2) is 40.6 Å². The highest BCUT2D eigenvalue weighted by Gasteiger charge is 2.47. The van der Waals surface area contributed by atoms with E-state index in [4.69, 9.17) is 27.9 Å². The molecule has 0 bridgehead atoms. The summed E-state index contributed by atoms with van der Waals surface area (Å²) in [5.41, 5.74) is 1.25. The van der Waals surface area contributed by atoms with E-state index in [1.807, 2.05) is 0 Å². The fraction of sp³-hybridized carbons (Fsp3) is 0.400. The highest BCUT2D eigenvalue weighted by Crippen LogP contribution is 2.38. The van der Waals surface area contributed by atoms with Crippen LogP contribution in [0.3, 0.4) is 0 Å². The number of aliphatic hydroxyl groups is 3. The number of benzene rings is 1. The highest BCUT2D eigenvalue weighted by atomic mass is 35.5. The lowest BCUT2D eigenvalue weighted by molar-refractivity contribution is -0.173. The predicted octanol–water partition coefficient (Wildman–Crippen LogP) is 3.02. The summed E-state index contributed by atoms with van der Waals surface area (Å²) in [7, 11) is 0. The number of ether oxygens (including phenoxy) is 1. The van der Waals surface area contributed by atoms with Gasteiger partial charge in [-0.3, -0.25) is 0 Å². The molecule has 1 aromatic carbocycles. The Morgan fingerprint density at radius 3 is 2.67 bits per heavy atom. The normalized spacial score (nSPS) is 27.1. The van der Waals surface area contributed by atoms with Gasteiger partial charge in [0.15, 0.2) is 12.1 Å². The second kappa shape index (κ2) is 9.24. The zero-order valence-corrected chi connectivity index (χ0v) is 18.2. The van der Waals surface area contributed by atoms with Gasteiger partial charge in [0.1, 0.15) is 24.4 Å². The molecule has 4 rings (SSSR count). The number of aliphatic hydroxyl groups excluding tert-OH is 3. The molecule has 0 amide bonds. The maximum atomic E-state index is 12.3. The Hall–Kier alpha value is -2.15. The van der Waals surface area contributed by atoms with Gasteiger partial charge >= 0.3 is 6.18 Å².